The fraction of sp³-hybridized carbons (Fsp3) is 0.586. The lowest BCUT2D eigenvalue weighted by molar-refractivity contribution is -0.132. The van der Waals surface area contributed by atoms with Gasteiger partial charge in [0.2, 0.25) is 11.9 Å². The van der Waals surface area contributed by atoms with Crippen LogP contribution in [0.3, 0.4) is 0 Å². The normalized spacial score (nSPS) is 14.0. The van der Waals surface area contributed by atoms with Gasteiger partial charge in [-0.05, 0) is 51.7 Å². The van der Waals surface area contributed by atoms with E-state index in [2.05, 4.69) is 45.2 Å². The number of rotatable bonds is 9. The summed E-state index contributed by atoms with van der Waals surface area (Å²) in [7, 11) is 1.58. The standard InChI is InChI=1S/C29H44N10O3/c1-8-21(9-2)33-27-34-24(30)26-32-17-22(39(26)35-27)15-20-14-19(3)25(31-16-20)38-12-10-37(11-13-38)23(40)18-36(7)28(41)42-29(4,5)6/h14,16-17,21H,8-13,15,18H2,1-7H3,(H3,30,33,34,35). The molecule has 0 saturated carbocycles. The molecule has 228 valence electrons. The first-order valence-corrected chi connectivity index (χ1v) is 14.6. The Balaban J connectivity index is 1.38. The Morgan fingerprint density at radius 3 is 2.43 bits per heavy atom. The zero-order chi connectivity index (χ0) is 30.6. The predicted octanol–water partition coefficient (Wildman–Crippen LogP) is 3.12. The van der Waals surface area contributed by atoms with E-state index in [0.717, 1.165) is 35.5 Å². The number of ether oxygens (including phenoxy) is 1. The van der Waals surface area contributed by atoms with E-state index in [9.17, 15) is 9.59 Å². The van der Waals surface area contributed by atoms with Crippen molar-refractivity contribution < 1.29 is 14.3 Å². The second kappa shape index (κ2) is 12.8. The highest BCUT2D eigenvalue weighted by Gasteiger charge is 2.26. The highest BCUT2D eigenvalue weighted by atomic mass is 16.6. The first-order valence-electron chi connectivity index (χ1n) is 14.6. The number of hydrogen-bond donors (Lipinski definition) is 2. The van der Waals surface area contributed by atoms with E-state index < -0.39 is 11.7 Å². The number of nitrogen functional groups attached to an aromatic ring is 1. The molecule has 0 atom stereocenters. The minimum absolute atomic E-state index is 0.0178. The van der Waals surface area contributed by atoms with Crippen molar-refractivity contribution in [3.63, 3.8) is 0 Å². The van der Waals surface area contributed by atoms with Crippen LogP contribution >= 0.6 is 0 Å². The molecule has 4 heterocycles. The van der Waals surface area contributed by atoms with E-state index in [0.29, 0.717) is 50.0 Å². The van der Waals surface area contributed by atoms with Crippen LogP contribution < -0.4 is 16.0 Å². The van der Waals surface area contributed by atoms with Gasteiger partial charge in [-0.2, -0.15) is 4.98 Å². The van der Waals surface area contributed by atoms with Gasteiger partial charge in [0.1, 0.15) is 18.0 Å². The van der Waals surface area contributed by atoms with Crippen LogP contribution in [0.25, 0.3) is 5.65 Å². The zero-order valence-corrected chi connectivity index (χ0v) is 25.8. The van der Waals surface area contributed by atoms with Crippen molar-refractivity contribution in [3.05, 3.63) is 35.3 Å². The minimum atomic E-state index is -0.608. The van der Waals surface area contributed by atoms with Crippen LogP contribution in [0.4, 0.5) is 22.4 Å². The Hall–Kier alpha value is -4.16. The average Bonchev–Trinajstić information content (AvgIpc) is 3.33. The molecule has 4 rings (SSSR count). The molecule has 0 spiro atoms. The third kappa shape index (κ3) is 7.37. The maximum absolute atomic E-state index is 12.8. The number of aryl methyl sites for hydroxylation is 1. The molecule has 0 aliphatic carbocycles. The molecule has 1 aliphatic heterocycles. The fourth-order valence-electron chi connectivity index (χ4n) is 4.94. The van der Waals surface area contributed by atoms with E-state index in [1.807, 2.05) is 13.1 Å². The number of fused-ring (bicyclic) bond motifs is 1. The van der Waals surface area contributed by atoms with Crippen LogP contribution in [0.1, 0.15) is 64.3 Å². The minimum Gasteiger partial charge on any atom is -0.444 e. The fourth-order valence-corrected chi connectivity index (χ4v) is 4.94. The zero-order valence-electron chi connectivity index (χ0n) is 25.8. The van der Waals surface area contributed by atoms with Crippen molar-refractivity contribution in [1.29, 1.82) is 0 Å². The average molecular weight is 581 g/mol. The lowest BCUT2D eigenvalue weighted by Gasteiger charge is -2.36. The molecule has 1 saturated heterocycles. The monoisotopic (exact) mass is 580 g/mol. The molecular weight excluding hydrogens is 536 g/mol. The summed E-state index contributed by atoms with van der Waals surface area (Å²) in [4.78, 5) is 44.0. The third-order valence-electron chi connectivity index (χ3n) is 7.28. The molecule has 0 radical (unpaired) electrons. The quantitative estimate of drug-likeness (QED) is 0.387. The highest BCUT2D eigenvalue weighted by molar-refractivity contribution is 5.82. The number of nitrogens with one attached hydrogen (secondary N) is 1. The Morgan fingerprint density at radius 1 is 1.12 bits per heavy atom. The van der Waals surface area contributed by atoms with E-state index >= 15 is 0 Å². The van der Waals surface area contributed by atoms with Gasteiger partial charge in [-0.1, -0.05) is 19.9 Å². The molecule has 42 heavy (non-hydrogen) atoms. The van der Waals surface area contributed by atoms with Crippen LogP contribution in [0.5, 0.6) is 0 Å². The second-order valence-electron chi connectivity index (χ2n) is 11.8. The number of carbonyl (C=O) groups is 2. The van der Waals surface area contributed by atoms with Crippen LogP contribution in [0.2, 0.25) is 0 Å². The van der Waals surface area contributed by atoms with Gasteiger partial charge < -0.3 is 30.5 Å². The molecule has 3 aromatic rings. The number of hydrogen-bond acceptors (Lipinski definition) is 10. The van der Waals surface area contributed by atoms with E-state index in [1.54, 1.807) is 43.4 Å². The molecule has 0 bridgehead atoms. The molecular formula is C29H44N10O3. The van der Waals surface area contributed by atoms with Gasteiger partial charge in [-0.15, -0.1) is 5.10 Å². The van der Waals surface area contributed by atoms with Gasteiger partial charge in [0.05, 0.1) is 11.9 Å². The first-order chi connectivity index (χ1) is 19.9. The Labute approximate surface area is 247 Å². The summed E-state index contributed by atoms with van der Waals surface area (Å²) in [5, 5.41) is 8.03. The first kappa shape index (κ1) is 30.8. The maximum atomic E-state index is 12.8. The molecule has 1 fully saturated rings. The summed E-state index contributed by atoms with van der Waals surface area (Å²) in [5.41, 5.74) is 9.10. The van der Waals surface area contributed by atoms with Crippen molar-refractivity contribution in [3.8, 4) is 0 Å². The van der Waals surface area contributed by atoms with Crippen molar-refractivity contribution >= 4 is 35.2 Å². The number of imidazole rings is 1. The van der Waals surface area contributed by atoms with Crippen molar-refractivity contribution in [1.82, 2.24) is 34.4 Å². The van der Waals surface area contributed by atoms with Crippen LogP contribution in [-0.4, -0.2) is 97.8 Å². The van der Waals surface area contributed by atoms with Crippen LogP contribution in [0, 0.1) is 6.92 Å². The van der Waals surface area contributed by atoms with E-state index in [-0.39, 0.29) is 18.5 Å². The number of aromatic nitrogens is 5. The molecule has 13 nitrogen and oxygen atoms in total. The van der Waals surface area contributed by atoms with Crippen molar-refractivity contribution in [2.75, 3.05) is 55.7 Å². The molecule has 3 N–H and O–H groups in total. The van der Waals surface area contributed by atoms with Crippen molar-refractivity contribution in [2.45, 2.75) is 72.4 Å². The van der Waals surface area contributed by atoms with E-state index in [4.69, 9.17) is 15.5 Å². The van der Waals surface area contributed by atoms with Gasteiger partial charge in [0, 0.05) is 51.9 Å². The molecule has 3 aromatic heterocycles. The molecule has 1 aliphatic rings. The Kier molecular flexibility index (Phi) is 9.37. The number of nitrogens with two attached hydrogens (primary N) is 1. The number of likely N-dealkylation sites (N-methyl/N-ethyl adjacent to an activating group) is 1. The summed E-state index contributed by atoms with van der Waals surface area (Å²) >= 11 is 0. The summed E-state index contributed by atoms with van der Waals surface area (Å²) in [6.45, 7) is 14.1. The summed E-state index contributed by atoms with van der Waals surface area (Å²) in [6, 6.07) is 2.40. The second-order valence-corrected chi connectivity index (χ2v) is 11.8. The largest absolute Gasteiger partial charge is 0.444 e. The third-order valence-corrected chi connectivity index (χ3v) is 7.28. The van der Waals surface area contributed by atoms with Crippen LogP contribution in [-0.2, 0) is 16.0 Å². The lowest BCUT2D eigenvalue weighted by atomic mass is 10.1. The SMILES string of the molecule is CCC(CC)Nc1nc(N)c2ncc(Cc3cnc(N4CCN(C(=O)CN(C)C(=O)OC(C)(C)C)CC4)c(C)c3)n2n1. The molecule has 13 heteroatoms. The lowest BCUT2D eigenvalue weighted by Crippen LogP contribution is -2.52. The number of nitrogens with zero attached hydrogens (tertiary/aromatic N) is 8. The number of pyridine rings is 1. The predicted molar refractivity (Wildman–Crippen MR) is 163 cm³/mol. The Morgan fingerprint density at radius 2 is 1.81 bits per heavy atom. The van der Waals surface area contributed by atoms with Gasteiger partial charge in [-0.3, -0.25) is 4.79 Å². The van der Waals surface area contributed by atoms with Gasteiger partial charge in [0.15, 0.2) is 11.5 Å². The molecule has 2 amide bonds. The summed E-state index contributed by atoms with van der Waals surface area (Å²) < 4.78 is 7.11. The van der Waals surface area contributed by atoms with Gasteiger partial charge in [0.25, 0.3) is 0 Å². The van der Waals surface area contributed by atoms with Gasteiger partial charge >= 0.3 is 6.09 Å². The highest BCUT2D eigenvalue weighted by Crippen LogP contribution is 2.22. The number of amides is 2. The van der Waals surface area contributed by atoms with Gasteiger partial charge in [-0.25, -0.2) is 19.3 Å². The smallest absolute Gasteiger partial charge is 0.410 e. The molecule has 0 aromatic carbocycles. The summed E-state index contributed by atoms with van der Waals surface area (Å²) in [5.74, 6) is 1.63. The summed E-state index contributed by atoms with van der Waals surface area (Å²) in [6.07, 6.45) is 5.66. The topological polar surface area (TPSA) is 147 Å². The Bertz CT molecular complexity index is 1400. The number of anilines is 3. The molecule has 0 unspecified atom stereocenters. The maximum Gasteiger partial charge on any atom is 0.410 e. The number of carbonyl (C=O) groups excluding carboxylic acids is 2. The van der Waals surface area contributed by atoms with Crippen LogP contribution in [0.15, 0.2) is 18.5 Å². The number of piperazine rings is 1. The van der Waals surface area contributed by atoms with Crippen molar-refractivity contribution in [2.24, 2.45) is 0 Å². The van der Waals surface area contributed by atoms with E-state index in [1.165, 1.54) is 4.90 Å².